The van der Waals surface area contributed by atoms with E-state index in [-0.39, 0.29) is 29.5 Å². The van der Waals surface area contributed by atoms with Crippen LogP contribution in [0.4, 0.5) is 0 Å². The van der Waals surface area contributed by atoms with Gasteiger partial charge in [0, 0.05) is 19.6 Å². The Labute approximate surface area is 159 Å². The zero-order valence-electron chi connectivity index (χ0n) is 15.5. The number of sulfonamides is 1. The highest BCUT2D eigenvalue weighted by Crippen LogP contribution is 2.18. The molecule has 0 unspecified atom stereocenters. The van der Waals surface area contributed by atoms with Crippen LogP contribution in [0.25, 0.3) is 0 Å². The van der Waals surface area contributed by atoms with Crippen LogP contribution in [0.2, 0.25) is 0 Å². The molecule has 1 heterocycles. The van der Waals surface area contributed by atoms with Crippen molar-refractivity contribution in [2.24, 2.45) is 0 Å². The molecular formula is C18H26N2O6S. The first-order chi connectivity index (χ1) is 12.9. The Bertz CT molecular complexity index is 744. The fourth-order valence-corrected chi connectivity index (χ4v) is 4.04. The smallest absolute Gasteiger partial charge is 0.338 e. The Morgan fingerprint density at radius 1 is 1.22 bits per heavy atom. The van der Waals surface area contributed by atoms with Gasteiger partial charge >= 0.3 is 5.97 Å². The van der Waals surface area contributed by atoms with Crippen LogP contribution in [0.3, 0.4) is 0 Å². The van der Waals surface area contributed by atoms with Crippen molar-refractivity contribution < 1.29 is 27.5 Å². The summed E-state index contributed by atoms with van der Waals surface area (Å²) < 4.78 is 36.8. The molecule has 27 heavy (non-hydrogen) atoms. The SMILES string of the molecule is CCCCCNC(=O)COC(=O)c1cccc(S(=O)(=O)N2CCOCC2)c1. The highest BCUT2D eigenvalue weighted by Gasteiger charge is 2.27. The standard InChI is InChI=1S/C18H26N2O6S/c1-2-3-4-8-19-17(21)14-26-18(22)15-6-5-7-16(13-15)27(23,24)20-9-11-25-12-10-20/h5-7,13H,2-4,8-12,14H2,1H3,(H,19,21). The van der Waals surface area contributed by atoms with Crippen LogP contribution < -0.4 is 5.32 Å². The summed E-state index contributed by atoms with van der Waals surface area (Å²) in [7, 11) is -3.70. The second-order valence-corrected chi connectivity index (χ2v) is 8.12. The van der Waals surface area contributed by atoms with Crippen LogP contribution in [0.1, 0.15) is 36.5 Å². The molecule has 9 heteroatoms. The van der Waals surface area contributed by atoms with Gasteiger partial charge in [-0.3, -0.25) is 4.79 Å². The topological polar surface area (TPSA) is 102 Å². The van der Waals surface area contributed by atoms with E-state index in [2.05, 4.69) is 12.2 Å². The van der Waals surface area contributed by atoms with Gasteiger partial charge in [-0.25, -0.2) is 13.2 Å². The summed E-state index contributed by atoms with van der Waals surface area (Å²) in [4.78, 5) is 23.8. The minimum Gasteiger partial charge on any atom is -0.452 e. The Morgan fingerprint density at radius 3 is 2.67 bits per heavy atom. The fraction of sp³-hybridized carbons (Fsp3) is 0.556. The van der Waals surface area contributed by atoms with Crippen molar-refractivity contribution in [1.29, 1.82) is 0 Å². The number of esters is 1. The molecule has 0 radical (unpaired) electrons. The molecule has 2 rings (SSSR count). The van der Waals surface area contributed by atoms with Gasteiger partial charge in [-0.15, -0.1) is 0 Å². The summed E-state index contributed by atoms with van der Waals surface area (Å²) in [5.74, 6) is -1.12. The van der Waals surface area contributed by atoms with Crippen LogP contribution >= 0.6 is 0 Å². The second kappa shape index (κ2) is 10.4. The average Bonchev–Trinajstić information content (AvgIpc) is 2.70. The number of carbonyl (C=O) groups is 2. The Balaban J connectivity index is 1.94. The molecule has 0 bridgehead atoms. The minimum absolute atomic E-state index is 0.0165. The van der Waals surface area contributed by atoms with E-state index in [1.165, 1.54) is 28.6 Å². The average molecular weight is 398 g/mol. The molecule has 0 saturated carbocycles. The number of unbranched alkanes of at least 4 members (excludes halogenated alkanes) is 2. The summed E-state index contributed by atoms with van der Waals surface area (Å²) in [6.07, 6.45) is 2.94. The number of hydrogen-bond donors (Lipinski definition) is 1. The minimum atomic E-state index is -3.70. The molecule has 1 saturated heterocycles. The van der Waals surface area contributed by atoms with Crippen molar-refractivity contribution >= 4 is 21.9 Å². The van der Waals surface area contributed by atoms with Crippen LogP contribution in [0, 0.1) is 0 Å². The first-order valence-electron chi connectivity index (χ1n) is 9.07. The molecule has 1 aliphatic heterocycles. The summed E-state index contributed by atoms with van der Waals surface area (Å²) >= 11 is 0. The van der Waals surface area contributed by atoms with Gasteiger partial charge in [0.2, 0.25) is 10.0 Å². The second-order valence-electron chi connectivity index (χ2n) is 6.18. The zero-order valence-corrected chi connectivity index (χ0v) is 16.3. The van der Waals surface area contributed by atoms with Gasteiger partial charge in [0.15, 0.2) is 6.61 Å². The van der Waals surface area contributed by atoms with Gasteiger partial charge in [-0.05, 0) is 24.6 Å². The predicted molar refractivity (Wildman–Crippen MR) is 98.8 cm³/mol. The summed E-state index contributed by atoms with van der Waals surface area (Å²) in [5.41, 5.74) is 0.0862. The molecule has 8 nitrogen and oxygen atoms in total. The van der Waals surface area contributed by atoms with Crippen LogP contribution in [0.5, 0.6) is 0 Å². The monoisotopic (exact) mass is 398 g/mol. The molecule has 1 aromatic carbocycles. The fourth-order valence-electron chi connectivity index (χ4n) is 2.59. The molecule has 1 aliphatic rings. The third-order valence-corrected chi connectivity index (χ3v) is 6.01. The quantitative estimate of drug-likeness (QED) is 0.495. The van der Waals surface area contributed by atoms with Crippen molar-refractivity contribution in [2.45, 2.75) is 31.1 Å². The van der Waals surface area contributed by atoms with E-state index in [1.807, 2.05) is 0 Å². The Kier molecular flexibility index (Phi) is 8.21. The largest absolute Gasteiger partial charge is 0.452 e. The van der Waals surface area contributed by atoms with Crippen LogP contribution in [-0.4, -0.2) is 64.1 Å². The lowest BCUT2D eigenvalue weighted by atomic mass is 10.2. The normalized spacial score (nSPS) is 15.3. The lowest BCUT2D eigenvalue weighted by Crippen LogP contribution is -2.40. The molecule has 0 spiro atoms. The number of nitrogens with one attached hydrogen (secondary N) is 1. The van der Waals surface area contributed by atoms with Crippen molar-refractivity contribution in [2.75, 3.05) is 39.5 Å². The zero-order chi connectivity index (χ0) is 19.7. The number of benzene rings is 1. The number of ether oxygens (including phenoxy) is 2. The van der Waals surface area contributed by atoms with Gasteiger partial charge < -0.3 is 14.8 Å². The maximum Gasteiger partial charge on any atom is 0.338 e. The highest BCUT2D eigenvalue weighted by molar-refractivity contribution is 7.89. The lowest BCUT2D eigenvalue weighted by molar-refractivity contribution is -0.124. The van der Waals surface area contributed by atoms with E-state index in [0.29, 0.717) is 19.8 Å². The third kappa shape index (κ3) is 6.30. The van der Waals surface area contributed by atoms with E-state index >= 15 is 0 Å². The van der Waals surface area contributed by atoms with Gasteiger partial charge in [0.1, 0.15) is 0 Å². The number of hydrogen-bond acceptors (Lipinski definition) is 6. The molecule has 1 amide bonds. The molecule has 0 aromatic heterocycles. The molecule has 1 fully saturated rings. The number of morpholine rings is 1. The first-order valence-corrected chi connectivity index (χ1v) is 10.5. The number of rotatable bonds is 9. The number of amides is 1. The summed E-state index contributed by atoms with van der Waals surface area (Å²) in [6.45, 7) is 3.44. The van der Waals surface area contributed by atoms with Crippen molar-refractivity contribution in [3.8, 4) is 0 Å². The van der Waals surface area contributed by atoms with Gasteiger partial charge in [-0.2, -0.15) is 4.31 Å². The number of nitrogens with zero attached hydrogens (tertiary/aromatic N) is 1. The summed E-state index contributed by atoms with van der Waals surface area (Å²) in [5, 5.41) is 2.67. The number of carbonyl (C=O) groups excluding carboxylic acids is 2. The Morgan fingerprint density at radius 2 is 1.96 bits per heavy atom. The van der Waals surface area contributed by atoms with Crippen LogP contribution in [0.15, 0.2) is 29.2 Å². The molecule has 0 aliphatic carbocycles. The molecule has 0 atom stereocenters. The van der Waals surface area contributed by atoms with Gasteiger partial charge in [-0.1, -0.05) is 25.8 Å². The maximum absolute atomic E-state index is 12.7. The predicted octanol–water partition coefficient (Wildman–Crippen LogP) is 1.17. The Hall–Kier alpha value is -1.97. The summed E-state index contributed by atoms with van der Waals surface area (Å²) in [6, 6.07) is 5.64. The van der Waals surface area contributed by atoms with Gasteiger partial charge in [0.05, 0.1) is 23.7 Å². The third-order valence-electron chi connectivity index (χ3n) is 4.11. The van der Waals surface area contributed by atoms with E-state index < -0.39 is 22.6 Å². The van der Waals surface area contributed by atoms with Gasteiger partial charge in [0.25, 0.3) is 5.91 Å². The van der Waals surface area contributed by atoms with E-state index in [1.54, 1.807) is 0 Å². The van der Waals surface area contributed by atoms with Crippen molar-refractivity contribution in [3.63, 3.8) is 0 Å². The first kappa shape index (κ1) is 21.3. The van der Waals surface area contributed by atoms with Crippen molar-refractivity contribution in [3.05, 3.63) is 29.8 Å². The van der Waals surface area contributed by atoms with E-state index in [0.717, 1.165) is 19.3 Å². The highest BCUT2D eigenvalue weighted by atomic mass is 32.2. The van der Waals surface area contributed by atoms with Crippen LogP contribution in [-0.2, 0) is 24.3 Å². The van der Waals surface area contributed by atoms with E-state index in [9.17, 15) is 18.0 Å². The van der Waals surface area contributed by atoms with Crippen molar-refractivity contribution in [1.82, 2.24) is 9.62 Å². The lowest BCUT2D eigenvalue weighted by Gasteiger charge is -2.26. The molecule has 150 valence electrons. The maximum atomic E-state index is 12.7. The molecule has 1 N–H and O–H groups in total. The molecular weight excluding hydrogens is 372 g/mol. The molecule has 1 aromatic rings. The van der Waals surface area contributed by atoms with E-state index in [4.69, 9.17) is 9.47 Å².